The van der Waals surface area contributed by atoms with Crippen molar-refractivity contribution in [3.05, 3.63) is 29.6 Å². The van der Waals surface area contributed by atoms with Crippen molar-refractivity contribution >= 4 is 11.6 Å². The number of nitrogens with two attached hydrogens (primary N) is 1. The second-order valence-electron chi connectivity index (χ2n) is 5.43. The Kier molecular flexibility index (Phi) is 3.75. The van der Waals surface area contributed by atoms with Gasteiger partial charge in [0.25, 0.3) is 0 Å². The molecule has 1 heterocycles. The molecule has 2 rings (SSSR count). The number of nitrogens with zero attached hydrogens (tertiary/aromatic N) is 1. The van der Waals surface area contributed by atoms with Gasteiger partial charge in [-0.25, -0.2) is 4.39 Å². The summed E-state index contributed by atoms with van der Waals surface area (Å²) in [5.74, 6) is -0.702. The molecule has 19 heavy (non-hydrogen) atoms. The number of carbonyl (C=O) groups is 1. The Morgan fingerprint density at radius 1 is 1.47 bits per heavy atom. The van der Waals surface area contributed by atoms with Crippen molar-refractivity contribution in [2.75, 3.05) is 25.5 Å². The van der Waals surface area contributed by atoms with E-state index in [1.165, 1.54) is 12.1 Å². The Balaban J connectivity index is 2.28. The first-order valence-electron chi connectivity index (χ1n) is 6.45. The molecule has 0 saturated carbocycles. The van der Waals surface area contributed by atoms with E-state index in [2.05, 4.69) is 10.2 Å². The molecule has 104 valence electrons. The number of amides is 1. The van der Waals surface area contributed by atoms with Gasteiger partial charge in [-0.1, -0.05) is 0 Å². The normalized spacial score (nSPS) is 24.2. The molecule has 1 amide bonds. The van der Waals surface area contributed by atoms with Crippen LogP contribution in [0.15, 0.2) is 18.2 Å². The average Bonchev–Trinajstić information content (AvgIpc) is 2.26. The summed E-state index contributed by atoms with van der Waals surface area (Å²) in [5, 5.41) is 3.15. The number of aryl methyl sites for hydroxylation is 1. The number of likely N-dealkylation sites (N-methyl/N-ethyl adjacent to an activating group) is 1. The highest BCUT2D eigenvalue weighted by Crippen LogP contribution is 2.26. The second-order valence-corrected chi connectivity index (χ2v) is 5.43. The van der Waals surface area contributed by atoms with Crippen LogP contribution >= 0.6 is 0 Å². The summed E-state index contributed by atoms with van der Waals surface area (Å²) >= 11 is 0. The minimum absolute atomic E-state index is 0.314. The highest BCUT2D eigenvalue weighted by molar-refractivity contribution is 5.88. The number of hydrogen-bond acceptors (Lipinski definition) is 3. The molecule has 0 spiro atoms. The van der Waals surface area contributed by atoms with Gasteiger partial charge in [-0.15, -0.1) is 0 Å². The number of hydrogen-bond donors (Lipinski definition) is 2. The molecule has 3 N–H and O–H groups in total. The lowest BCUT2D eigenvalue weighted by molar-refractivity contribution is -0.123. The summed E-state index contributed by atoms with van der Waals surface area (Å²) in [4.78, 5) is 13.9. The van der Waals surface area contributed by atoms with E-state index in [9.17, 15) is 9.18 Å². The van der Waals surface area contributed by atoms with Crippen LogP contribution in [-0.2, 0) is 4.79 Å². The molecule has 5 heteroatoms. The van der Waals surface area contributed by atoms with Crippen molar-refractivity contribution in [2.24, 2.45) is 5.73 Å². The zero-order chi connectivity index (χ0) is 14.0. The third-order valence-electron chi connectivity index (χ3n) is 3.58. The Labute approximate surface area is 112 Å². The third-order valence-corrected chi connectivity index (χ3v) is 3.58. The van der Waals surface area contributed by atoms with E-state index in [0.717, 1.165) is 18.5 Å². The van der Waals surface area contributed by atoms with Crippen LogP contribution in [0.2, 0.25) is 0 Å². The van der Waals surface area contributed by atoms with E-state index >= 15 is 0 Å². The molecule has 1 aliphatic rings. The zero-order valence-corrected chi connectivity index (χ0v) is 11.4. The van der Waals surface area contributed by atoms with E-state index in [0.29, 0.717) is 18.7 Å². The molecule has 1 atom stereocenters. The highest BCUT2D eigenvalue weighted by atomic mass is 19.1. The molecule has 4 nitrogen and oxygen atoms in total. The average molecular weight is 265 g/mol. The smallest absolute Gasteiger partial charge is 0.244 e. The molecule has 1 fully saturated rings. The van der Waals surface area contributed by atoms with Crippen LogP contribution in [0.25, 0.3) is 0 Å². The maximum atomic E-state index is 13.4. The van der Waals surface area contributed by atoms with E-state index in [-0.39, 0.29) is 11.7 Å². The standard InChI is InChI=1S/C14H20FN3O/c1-10-6-11(15)8-12(7-10)17-14(13(16)19)4-3-5-18(2)9-14/h6-8,17H,3-5,9H2,1-2H3,(H2,16,19). The predicted octanol–water partition coefficient (Wildman–Crippen LogP) is 1.50. The minimum atomic E-state index is -0.812. The topological polar surface area (TPSA) is 58.4 Å². The molecule has 1 unspecified atom stereocenters. The Morgan fingerprint density at radius 2 is 2.21 bits per heavy atom. The first kappa shape index (κ1) is 13.8. The molecule has 0 aromatic heterocycles. The largest absolute Gasteiger partial charge is 0.370 e. The van der Waals surface area contributed by atoms with Crippen LogP contribution < -0.4 is 11.1 Å². The van der Waals surface area contributed by atoms with Crippen molar-refractivity contribution in [1.29, 1.82) is 0 Å². The van der Waals surface area contributed by atoms with Gasteiger partial charge in [-0.2, -0.15) is 0 Å². The number of halogens is 1. The fourth-order valence-corrected chi connectivity index (χ4v) is 2.72. The van der Waals surface area contributed by atoms with Crippen molar-refractivity contribution in [3.63, 3.8) is 0 Å². The number of primary amides is 1. The minimum Gasteiger partial charge on any atom is -0.370 e. The first-order valence-corrected chi connectivity index (χ1v) is 6.45. The first-order chi connectivity index (χ1) is 8.91. The summed E-state index contributed by atoms with van der Waals surface area (Å²) in [6.45, 7) is 3.30. The summed E-state index contributed by atoms with van der Waals surface area (Å²) in [6.07, 6.45) is 1.56. The number of likely N-dealkylation sites (tertiary alicyclic amines) is 1. The van der Waals surface area contributed by atoms with Crippen molar-refractivity contribution in [1.82, 2.24) is 4.90 Å². The number of carbonyl (C=O) groups excluding carboxylic acids is 1. The lowest BCUT2D eigenvalue weighted by Crippen LogP contribution is -2.59. The van der Waals surface area contributed by atoms with E-state index in [1.807, 2.05) is 20.0 Å². The van der Waals surface area contributed by atoms with Crippen LogP contribution in [0.3, 0.4) is 0 Å². The molecule has 1 aromatic rings. The Hall–Kier alpha value is -1.62. The lowest BCUT2D eigenvalue weighted by atomic mass is 9.88. The third kappa shape index (κ3) is 3.04. The SMILES string of the molecule is Cc1cc(F)cc(NC2(C(N)=O)CCCN(C)C2)c1. The van der Waals surface area contributed by atoms with Gasteiger partial charge in [-0.05, 0) is 57.1 Å². The summed E-state index contributed by atoms with van der Waals surface area (Å²) in [5.41, 5.74) is 6.17. The Bertz CT molecular complexity index is 471. The van der Waals surface area contributed by atoms with Gasteiger partial charge in [0.15, 0.2) is 0 Å². The molecule has 1 aromatic carbocycles. The lowest BCUT2D eigenvalue weighted by Gasteiger charge is -2.40. The number of nitrogens with one attached hydrogen (secondary N) is 1. The van der Waals surface area contributed by atoms with E-state index < -0.39 is 5.54 Å². The molecule has 0 aliphatic carbocycles. The second kappa shape index (κ2) is 5.17. The van der Waals surface area contributed by atoms with E-state index in [4.69, 9.17) is 5.73 Å². The van der Waals surface area contributed by atoms with Gasteiger partial charge < -0.3 is 16.0 Å². The van der Waals surface area contributed by atoms with Crippen LogP contribution in [0.5, 0.6) is 0 Å². The van der Waals surface area contributed by atoms with Crippen molar-refractivity contribution in [2.45, 2.75) is 25.3 Å². The van der Waals surface area contributed by atoms with Gasteiger partial charge in [0.05, 0.1) is 0 Å². The van der Waals surface area contributed by atoms with Crippen LogP contribution in [0.4, 0.5) is 10.1 Å². The van der Waals surface area contributed by atoms with Crippen LogP contribution in [0.1, 0.15) is 18.4 Å². The van der Waals surface area contributed by atoms with Crippen molar-refractivity contribution < 1.29 is 9.18 Å². The molecule has 0 bridgehead atoms. The molecule has 1 aliphatic heterocycles. The fraction of sp³-hybridized carbons (Fsp3) is 0.500. The summed E-state index contributed by atoms with van der Waals surface area (Å²) in [7, 11) is 1.95. The van der Waals surface area contributed by atoms with Gasteiger partial charge in [0.2, 0.25) is 5.91 Å². The predicted molar refractivity (Wildman–Crippen MR) is 73.4 cm³/mol. The van der Waals surface area contributed by atoms with Gasteiger partial charge in [0, 0.05) is 12.2 Å². The quantitative estimate of drug-likeness (QED) is 0.870. The maximum absolute atomic E-state index is 13.4. The zero-order valence-electron chi connectivity index (χ0n) is 11.4. The van der Waals surface area contributed by atoms with Gasteiger partial charge in [-0.3, -0.25) is 4.79 Å². The highest BCUT2D eigenvalue weighted by Gasteiger charge is 2.39. The number of anilines is 1. The fourth-order valence-electron chi connectivity index (χ4n) is 2.72. The Morgan fingerprint density at radius 3 is 2.79 bits per heavy atom. The van der Waals surface area contributed by atoms with Crippen molar-refractivity contribution in [3.8, 4) is 0 Å². The number of rotatable bonds is 3. The number of piperidine rings is 1. The monoisotopic (exact) mass is 265 g/mol. The molecular formula is C14H20FN3O. The molecular weight excluding hydrogens is 245 g/mol. The summed E-state index contributed by atoms with van der Waals surface area (Å²) in [6, 6.07) is 4.67. The van der Waals surface area contributed by atoms with Crippen LogP contribution in [0, 0.1) is 12.7 Å². The maximum Gasteiger partial charge on any atom is 0.244 e. The van der Waals surface area contributed by atoms with Gasteiger partial charge >= 0.3 is 0 Å². The number of benzene rings is 1. The molecule has 0 radical (unpaired) electrons. The summed E-state index contributed by atoms with van der Waals surface area (Å²) < 4.78 is 13.4. The van der Waals surface area contributed by atoms with E-state index in [1.54, 1.807) is 0 Å². The van der Waals surface area contributed by atoms with Crippen LogP contribution in [-0.4, -0.2) is 36.5 Å². The molecule has 1 saturated heterocycles. The van der Waals surface area contributed by atoms with Gasteiger partial charge in [0.1, 0.15) is 11.4 Å².